The third-order valence-electron chi connectivity index (χ3n) is 2.67. The fraction of sp³-hybridized carbons (Fsp3) is 0.308. The van der Waals surface area contributed by atoms with Crippen LogP contribution in [0.4, 0.5) is 0 Å². The van der Waals surface area contributed by atoms with Crippen molar-refractivity contribution in [2.45, 2.75) is 26.9 Å². The number of benzene rings is 1. The quantitative estimate of drug-likeness (QED) is 0.810. The number of aromatic nitrogens is 1. The Morgan fingerprint density at radius 2 is 2.07 bits per heavy atom. The summed E-state index contributed by atoms with van der Waals surface area (Å²) in [4.78, 5) is 4.45. The number of nitrogens with zero attached hydrogens (tertiary/aromatic N) is 1. The highest BCUT2D eigenvalue weighted by atomic mass is 16.3. The van der Waals surface area contributed by atoms with E-state index in [1.54, 1.807) is 0 Å². The Morgan fingerprint density at radius 1 is 1.27 bits per heavy atom. The van der Waals surface area contributed by atoms with E-state index >= 15 is 0 Å². The van der Waals surface area contributed by atoms with Gasteiger partial charge in [0, 0.05) is 11.1 Å². The van der Waals surface area contributed by atoms with E-state index in [0.29, 0.717) is 0 Å². The lowest BCUT2D eigenvalue weighted by molar-refractivity contribution is 0.283. The van der Waals surface area contributed by atoms with E-state index in [-0.39, 0.29) is 6.61 Å². The fourth-order valence-electron chi connectivity index (χ4n) is 1.84. The van der Waals surface area contributed by atoms with Gasteiger partial charge < -0.3 is 5.11 Å². The lowest BCUT2D eigenvalue weighted by atomic mass is 10.0. The first-order valence-electron chi connectivity index (χ1n) is 5.24. The molecule has 78 valence electrons. The molecule has 0 bridgehead atoms. The second-order valence-electron chi connectivity index (χ2n) is 3.79. The van der Waals surface area contributed by atoms with Crippen LogP contribution in [0.2, 0.25) is 0 Å². The van der Waals surface area contributed by atoms with Crippen LogP contribution in [0, 0.1) is 6.92 Å². The molecule has 1 N–H and O–H groups in total. The molecule has 1 heterocycles. The van der Waals surface area contributed by atoms with Crippen molar-refractivity contribution in [2.75, 3.05) is 0 Å². The van der Waals surface area contributed by atoms with Crippen molar-refractivity contribution < 1.29 is 5.11 Å². The molecule has 0 fully saturated rings. The maximum atomic E-state index is 9.30. The van der Waals surface area contributed by atoms with Gasteiger partial charge in [-0.05, 0) is 42.7 Å². The van der Waals surface area contributed by atoms with Gasteiger partial charge in [-0.1, -0.05) is 13.0 Å². The number of aliphatic hydroxyl groups excluding tert-OH is 1. The van der Waals surface area contributed by atoms with Gasteiger partial charge in [-0.3, -0.25) is 4.98 Å². The van der Waals surface area contributed by atoms with Gasteiger partial charge in [-0.2, -0.15) is 0 Å². The highest BCUT2D eigenvalue weighted by Crippen LogP contribution is 2.20. The molecule has 0 aliphatic carbocycles. The fourth-order valence-corrected chi connectivity index (χ4v) is 1.84. The molecular formula is C13H15NO. The maximum absolute atomic E-state index is 9.30. The zero-order valence-electron chi connectivity index (χ0n) is 9.12. The molecule has 0 atom stereocenters. The first kappa shape index (κ1) is 10.1. The van der Waals surface area contributed by atoms with Crippen molar-refractivity contribution in [1.82, 2.24) is 4.98 Å². The smallest absolute Gasteiger partial charge is 0.0709 e. The molecule has 0 radical (unpaired) electrons. The monoisotopic (exact) mass is 201 g/mol. The summed E-state index contributed by atoms with van der Waals surface area (Å²) in [5.74, 6) is 0. The van der Waals surface area contributed by atoms with Crippen LogP contribution in [-0.2, 0) is 13.0 Å². The lowest BCUT2D eigenvalue weighted by Gasteiger charge is -2.06. The first-order chi connectivity index (χ1) is 7.24. The minimum Gasteiger partial charge on any atom is -0.392 e. The third-order valence-corrected chi connectivity index (χ3v) is 2.67. The second kappa shape index (κ2) is 3.99. The molecule has 0 aliphatic heterocycles. The van der Waals surface area contributed by atoms with Crippen LogP contribution in [0.15, 0.2) is 24.3 Å². The topological polar surface area (TPSA) is 33.1 Å². The van der Waals surface area contributed by atoms with Crippen LogP contribution in [0.1, 0.15) is 23.7 Å². The number of fused-ring (bicyclic) bond motifs is 1. The van der Waals surface area contributed by atoms with E-state index in [1.807, 2.05) is 19.1 Å². The zero-order chi connectivity index (χ0) is 10.8. The van der Waals surface area contributed by atoms with Crippen LogP contribution >= 0.6 is 0 Å². The second-order valence-corrected chi connectivity index (χ2v) is 3.79. The SMILES string of the molecule is CCc1ccc2nc(C)cc(CO)c2c1. The summed E-state index contributed by atoms with van der Waals surface area (Å²) >= 11 is 0. The van der Waals surface area contributed by atoms with Gasteiger partial charge in [0.2, 0.25) is 0 Å². The zero-order valence-corrected chi connectivity index (χ0v) is 9.12. The Labute approximate surface area is 89.6 Å². The Bertz CT molecular complexity index is 491. The van der Waals surface area contributed by atoms with Crippen molar-refractivity contribution in [2.24, 2.45) is 0 Å². The van der Waals surface area contributed by atoms with Gasteiger partial charge in [0.1, 0.15) is 0 Å². The minimum absolute atomic E-state index is 0.0764. The standard InChI is InChI=1S/C13H15NO/c1-3-10-4-5-13-12(7-10)11(8-15)6-9(2)14-13/h4-7,15H,3,8H2,1-2H3. The molecule has 15 heavy (non-hydrogen) atoms. The summed E-state index contributed by atoms with van der Waals surface area (Å²) in [7, 11) is 0. The Kier molecular flexibility index (Phi) is 2.69. The summed E-state index contributed by atoms with van der Waals surface area (Å²) in [6.07, 6.45) is 1.01. The van der Waals surface area contributed by atoms with Crippen molar-refractivity contribution in [3.63, 3.8) is 0 Å². The molecule has 0 saturated heterocycles. The lowest BCUT2D eigenvalue weighted by Crippen LogP contribution is -1.93. The number of pyridine rings is 1. The van der Waals surface area contributed by atoms with E-state index in [0.717, 1.165) is 28.6 Å². The molecule has 2 heteroatoms. The molecule has 0 amide bonds. The number of hydrogen-bond acceptors (Lipinski definition) is 2. The summed E-state index contributed by atoms with van der Waals surface area (Å²) in [6.45, 7) is 4.15. The summed E-state index contributed by atoms with van der Waals surface area (Å²) < 4.78 is 0. The van der Waals surface area contributed by atoms with Crippen molar-refractivity contribution >= 4 is 10.9 Å². The molecule has 1 aromatic carbocycles. The van der Waals surface area contributed by atoms with E-state index in [1.165, 1.54) is 5.56 Å². The van der Waals surface area contributed by atoms with Crippen LogP contribution in [0.25, 0.3) is 10.9 Å². The molecule has 0 saturated carbocycles. The van der Waals surface area contributed by atoms with Crippen LogP contribution in [0.3, 0.4) is 0 Å². The molecule has 2 nitrogen and oxygen atoms in total. The third kappa shape index (κ3) is 1.85. The Balaban J connectivity index is 2.73. The molecule has 2 rings (SSSR count). The predicted octanol–water partition coefficient (Wildman–Crippen LogP) is 2.60. The molecular weight excluding hydrogens is 186 g/mol. The van der Waals surface area contributed by atoms with E-state index < -0.39 is 0 Å². The van der Waals surface area contributed by atoms with Gasteiger partial charge in [0.15, 0.2) is 0 Å². The molecule has 0 aliphatic rings. The number of aryl methyl sites for hydroxylation is 2. The number of hydrogen-bond donors (Lipinski definition) is 1. The minimum atomic E-state index is 0.0764. The van der Waals surface area contributed by atoms with E-state index in [9.17, 15) is 5.11 Å². The average Bonchev–Trinajstić information content (AvgIpc) is 2.27. The van der Waals surface area contributed by atoms with E-state index in [2.05, 4.69) is 24.0 Å². The normalized spacial score (nSPS) is 10.9. The van der Waals surface area contributed by atoms with Gasteiger partial charge in [-0.25, -0.2) is 0 Å². The van der Waals surface area contributed by atoms with Crippen molar-refractivity contribution in [3.8, 4) is 0 Å². The Morgan fingerprint density at radius 3 is 2.73 bits per heavy atom. The predicted molar refractivity (Wildman–Crippen MR) is 61.8 cm³/mol. The van der Waals surface area contributed by atoms with Gasteiger partial charge in [0.25, 0.3) is 0 Å². The molecule has 2 aromatic rings. The summed E-state index contributed by atoms with van der Waals surface area (Å²) in [5.41, 5.74) is 4.17. The number of rotatable bonds is 2. The molecule has 0 unspecified atom stereocenters. The van der Waals surface area contributed by atoms with Gasteiger partial charge >= 0.3 is 0 Å². The van der Waals surface area contributed by atoms with Crippen molar-refractivity contribution in [3.05, 3.63) is 41.1 Å². The Hall–Kier alpha value is -1.41. The van der Waals surface area contributed by atoms with Crippen LogP contribution in [0.5, 0.6) is 0 Å². The number of aliphatic hydroxyl groups is 1. The average molecular weight is 201 g/mol. The maximum Gasteiger partial charge on any atom is 0.0709 e. The van der Waals surface area contributed by atoms with Crippen LogP contribution < -0.4 is 0 Å². The largest absolute Gasteiger partial charge is 0.392 e. The van der Waals surface area contributed by atoms with Crippen molar-refractivity contribution in [1.29, 1.82) is 0 Å². The molecule has 1 aromatic heterocycles. The summed E-state index contributed by atoms with van der Waals surface area (Å²) in [6, 6.07) is 8.19. The molecule has 0 spiro atoms. The summed E-state index contributed by atoms with van der Waals surface area (Å²) in [5, 5.41) is 10.4. The first-order valence-corrected chi connectivity index (χ1v) is 5.24. The van der Waals surface area contributed by atoms with E-state index in [4.69, 9.17) is 0 Å². The van der Waals surface area contributed by atoms with Crippen LogP contribution in [-0.4, -0.2) is 10.1 Å². The highest BCUT2D eigenvalue weighted by Gasteiger charge is 2.03. The van der Waals surface area contributed by atoms with Gasteiger partial charge in [0.05, 0.1) is 12.1 Å². The highest BCUT2D eigenvalue weighted by molar-refractivity contribution is 5.83. The van der Waals surface area contributed by atoms with Gasteiger partial charge in [-0.15, -0.1) is 0 Å².